The minimum atomic E-state index is 0.186. The van der Waals surface area contributed by atoms with Gasteiger partial charge in [0.15, 0.2) is 0 Å². The minimum absolute atomic E-state index is 0.186. The topological polar surface area (TPSA) is 90.1 Å². The third-order valence-corrected chi connectivity index (χ3v) is 3.34. The van der Waals surface area contributed by atoms with E-state index in [1.165, 1.54) is 0 Å². The number of nitrogens with one attached hydrogen (secondary N) is 1. The molecule has 0 aliphatic carbocycles. The first kappa shape index (κ1) is 13.5. The van der Waals surface area contributed by atoms with Crippen LogP contribution >= 0.6 is 45.2 Å². The zero-order chi connectivity index (χ0) is 13.0. The molecule has 0 fully saturated rings. The molecule has 0 bridgehead atoms. The molecule has 1 aromatic carbocycles. The summed E-state index contributed by atoms with van der Waals surface area (Å²) in [5, 5.41) is 16.9. The summed E-state index contributed by atoms with van der Waals surface area (Å²) in [7, 11) is 1.62. The van der Waals surface area contributed by atoms with Crippen molar-refractivity contribution >= 4 is 57.3 Å². The second-order valence-corrected chi connectivity index (χ2v) is 5.47. The molecule has 0 saturated carbocycles. The van der Waals surface area contributed by atoms with Crippen molar-refractivity contribution in [3.63, 3.8) is 0 Å². The smallest absolute Gasteiger partial charge is 0.141 e. The molecule has 0 atom stereocenters. The van der Waals surface area contributed by atoms with Gasteiger partial charge in [0.2, 0.25) is 0 Å². The Bertz CT molecular complexity index is 556. The van der Waals surface area contributed by atoms with Crippen LogP contribution in [0.25, 0.3) is 5.43 Å². The highest BCUT2D eigenvalue weighted by molar-refractivity contribution is 14.1. The van der Waals surface area contributed by atoms with Crippen LogP contribution in [0.1, 0.15) is 5.56 Å². The molecule has 7 nitrogen and oxygen atoms in total. The first-order chi connectivity index (χ1) is 8.70. The van der Waals surface area contributed by atoms with Crippen molar-refractivity contribution in [3.05, 3.63) is 30.3 Å². The number of H-pyrrole nitrogens is 1. The molecule has 1 heterocycles. The Kier molecular flexibility index (Phi) is 4.68. The lowest BCUT2D eigenvalue weighted by Gasteiger charge is -2.08. The van der Waals surface area contributed by atoms with Crippen molar-refractivity contribution < 1.29 is 4.74 Å². The maximum atomic E-state index is 5.33. The fourth-order valence-electron chi connectivity index (χ4n) is 1.23. The number of benzene rings is 1. The Morgan fingerprint density at radius 2 is 2.28 bits per heavy atom. The number of hydrogen-bond donors (Lipinski definition) is 1. The van der Waals surface area contributed by atoms with Gasteiger partial charge >= 0.3 is 0 Å². The van der Waals surface area contributed by atoms with E-state index in [-0.39, 0.29) is 5.95 Å². The summed E-state index contributed by atoms with van der Waals surface area (Å²) in [5.74, 6) is 0.952. The summed E-state index contributed by atoms with van der Waals surface area (Å²) in [4.78, 5) is 0. The van der Waals surface area contributed by atoms with Crippen molar-refractivity contribution in [2.75, 3.05) is 7.11 Å². The second-order valence-electron chi connectivity index (χ2n) is 3.07. The normalized spacial score (nSPS) is 10.8. The molecule has 0 amide bonds. The van der Waals surface area contributed by atoms with Gasteiger partial charge in [-0.2, -0.15) is 0 Å². The second kappa shape index (κ2) is 6.26. The summed E-state index contributed by atoms with van der Waals surface area (Å²) >= 11 is 4.45. The molecule has 2 aromatic rings. The lowest BCUT2D eigenvalue weighted by atomic mass is 10.2. The van der Waals surface area contributed by atoms with Gasteiger partial charge in [0.1, 0.15) is 5.75 Å². The standard InChI is InChI=1S/C9H7I2N6O/c1-18-8-5(2-6(10)3-7(8)11)4-12-13-9-14-16-17-15-9/h2-4H,1H3,(H-,13,14,15,16,17)/q-1/b12-4+. The molecule has 18 heavy (non-hydrogen) atoms. The first-order valence-corrected chi connectivity index (χ1v) is 6.87. The number of tetrazole rings is 1. The van der Waals surface area contributed by atoms with Crippen LogP contribution in [0.4, 0.5) is 5.95 Å². The van der Waals surface area contributed by atoms with E-state index in [1.54, 1.807) is 13.3 Å². The van der Waals surface area contributed by atoms with Crippen molar-refractivity contribution in [2.24, 2.45) is 5.10 Å². The zero-order valence-corrected chi connectivity index (χ0v) is 13.4. The fraction of sp³-hybridized carbons (Fsp3) is 0.111. The van der Waals surface area contributed by atoms with Gasteiger partial charge in [0, 0.05) is 15.3 Å². The average Bonchev–Trinajstić information content (AvgIpc) is 2.81. The van der Waals surface area contributed by atoms with Crippen LogP contribution in [0.3, 0.4) is 0 Å². The Morgan fingerprint density at radius 3 is 2.94 bits per heavy atom. The summed E-state index contributed by atoms with van der Waals surface area (Å²) in [5.41, 5.74) is 4.64. The van der Waals surface area contributed by atoms with E-state index < -0.39 is 0 Å². The third kappa shape index (κ3) is 3.28. The average molecular weight is 469 g/mol. The molecule has 0 unspecified atom stereocenters. The predicted molar refractivity (Wildman–Crippen MR) is 83.2 cm³/mol. The van der Waals surface area contributed by atoms with Crippen LogP contribution in [-0.4, -0.2) is 33.9 Å². The van der Waals surface area contributed by atoms with Crippen molar-refractivity contribution in [1.29, 1.82) is 0 Å². The maximum Gasteiger partial charge on any atom is 0.141 e. The lowest BCUT2D eigenvalue weighted by molar-refractivity contribution is 0.411. The van der Waals surface area contributed by atoms with E-state index in [0.717, 1.165) is 18.5 Å². The molecule has 0 aliphatic heterocycles. The van der Waals surface area contributed by atoms with E-state index in [4.69, 9.17) is 4.74 Å². The van der Waals surface area contributed by atoms with E-state index in [0.29, 0.717) is 0 Å². The van der Waals surface area contributed by atoms with Crippen LogP contribution in [-0.2, 0) is 0 Å². The molecule has 0 saturated heterocycles. The minimum Gasteiger partial charge on any atom is -0.495 e. The SMILES string of the molecule is COc1c(I)cc(I)cc1/C=N/[N-]c1nn[nH]n1. The molecule has 1 N–H and O–H groups in total. The van der Waals surface area contributed by atoms with Gasteiger partial charge < -0.3 is 4.74 Å². The van der Waals surface area contributed by atoms with Gasteiger partial charge in [0.25, 0.3) is 0 Å². The molecule has 94 valence electrons. The summed E-state index contributed by atoms with van der Waals surface area (Å²) in [6.45, 7) is 0. The Balaban J connectivity index is 2.20. The highest BCUT2D eigenvalue weighted by Crippen LogP contribution is 2.27. The van der Waals surface area contributed by atoms with Gasteiger partial charge in [-0.25, -0.2) is 5.10 Å². The monoisotopic (exact) mass is 469 g/mol. The van der Waals surface area contributed by atoms with E-state index in [9.17, 15) is 0 Å². The quantitative estimate of drug-likeness (QED) is 0.424. The summed E-state index contributed by atoms with van der Waals surface area (Å²) < 4.78 is 7.44. The number of aromatic amines is 1. The van der Waals surface area contributed by atoms with E-state index >= 15 is 0 Å². The summed E-state index contributed by atoms with van der Waals surface area (Å²) in [6, 6.07) is 3.98. The number of rotatable bonds is 4. The summed E-state index contributed by atoms with van der Waals surface area (Å²) in [6.07, 6.45) is 1.60. The van der Waals surface area contributed by atoms with Crippen LogP contribution < -0.4 is 4.74 Å². The largest absolute Gasteiger partial charge is 0.495 e. The molecule has 0 aliphatic rings. The number of hydrogen-bond acceptors (Lipinski definition) is 5. The first-order valence-electron chi connectivity index (χ1n) is 4.71. The Hall–Kier alpha value is -0.980. The Morgan fingerprint density at radius 1 is 1.44 bits per heavy atom. The number of nitrogens with zero attached hydrogens (tertiary/aromatic N) is 5. The molecule has 1 aromatic heterocycles. The highest BCUT2D eigenvalue weighted by Gasteiger charge is 2.06. The number of aromatic nitrogens is 4. The van der Waals surface area contributed by atoms with Crippen molar-refractivity contribution in [3.8, 4) is 5.75 Å². The number of ether oxygens (including phenoxy) is 1. The number of methoxy groups -OCH3 is 1. The lowest BCUT2D eigenvalue weighted by Crippen LogP contribution is -1.95. The maximum absolute atomic E-state index is 5.33. The van der Waals surface area contributed by atoms with Crippen molar-refractivity contribution in [2.45, 2.75) is 0 Å². The molecular formula is C9H7I2N6O-. The molecular weight excluding hydrogens is 462 g/mol. The van der Waals surface area contributed by atoms with Gasteiger partial charge in [-0.15, -0.1) is 5.21 Å². The Labute approximate surface area is 130 Å². The number of halogens is 2. The van der Waals surface area contributed by atoms with Crippen LogP contribution in [0.15, 0.2) is 17.2 Å². The van der Waals surface area contributed by atoms with Crippen LogP contribution in [0.2, 0.25) is 0 Å². The van der Waals surface area contributed by atoms with Gasteiger partial charge in [-0.3, -0.25) is 20.8 Å². The zero-order valence-electron chi connectivity index (χ0n) is 9.13. The molecule has 2 rings (SSSR count). The van der Waals surface area contributed by atoms with Gasteiger partial charge in [-0.05, 0) is 57.3 Å². The molecule has 0 spiro atoms. The van der Waals surface area contributed by atoms with Crippen LogP contribution in [0, 0.1) is 7.14 Å². The van der Waals surface area contributed by atoms with Gasteiger partial charge in [-0.1, -0.05) is 0 Å². The molecule has 0 radical (unpaired) electrons. The highest BCUT2D eigenvalue weighted by atomic mass is 127. The molecule has 9 heteroatoms. The third-order valence-electron chi connectivity index (χ3n) is 1.92. The van der Waals surface area contributed by atoms with Gasteiger partial charge in [0.05, 0.1) is 16.6 Å². The van der Waals surface area contributed by atoms with Crippen molar-refractivity contribution in [1.82, 2.24) is 20.6 Å². The van der Waals surface area contributed by atoms with E-state index in [2.05, 4.69) is 76.3 Å². The fourth-order valence-corrected chi connectivity index (χ4v) is 3.34. The van der Waals surface area contributed by atoms with Crippen LogP contribution in [0.5, 0.6) is 5.75 Å². The predicted octanol–water partition coefficient (Wildman–Crippen LogP) is 2.46. The van der Waals surface area contributed by atoms with E-state index in [1.807, 2.05) is 12.1 Å².